The van der Waals surface area contributed by atoms with Gasteiger partial charge in [-0.2, -0.15) is 4.73 Å². The second-order valence-electron chi connectivity index (χ2n) is 4.07. The van der Waals surface area contributed by atoms with Gasteiger partial charge in [0.25, 0.3) is 0 Å². The first-order chi connectivity index (χ1) is 9.66. The number of hydrogen-bond donors (Lipinski definition) is 0. The van der Waals surface area contributed by atoms with Crippen LogP contribution in [-0.2, 0) is 0 Å². The van der Waals surface area contributed by atoms with Gasteiger partial charge in [0.1, 0.15) is 6.20 Å². The second-order valence-corrected chi connectivity index (χ2v) is 5.23. The third-order valence-electron chi connectivity index (χ3n) is 2.77. The van der Waals surface area contributed by atoms with Gasteiger partial charge in [-0.1, -0.05) is 11.2 Å². The van der Waals surface area contributed by atoms with Gasteiger partial charge in [0.15, 0.2) is 11.9 Å². The Bertz CT molecular complexity index is 773. The van der Waals surface area contributed by atoms with Gasteiger partial charge in [-0.05, 0) is 34.7 Å². The summed E-state index contributed by atoms with van der Waals surface area (Å²) in [6.45, 7) is 0. The Morgan fingerprint density at radius 2 is 1.70 bits per heavy atom. The van der Waals surface area contributed by atoms with Crippen molar-refractivity contribution in [3.8, 4) is 17.2 Å². The van der Waals surface area contributed by atoms with Crippen LogP contribution in [0.5, 0.6) is 0 Å². The molecule has 0 atom stereocenters. The Kier molecular flexibility index (Phi) is 3.26. The summed E-state index contributed by atoms with van der Waals surface area (Å²) in [4.78, 5) is 0. The molecule has 0 saturated heterocycles. The van der Waals surface area contributed by atoms with E-state index in [4.69, 9.17) is 0 Å². The summed E-state index contributed by atoms with van der Waals surface area (Å²) in [6, 6.07) is 10.2. The van der Waals surface area contributed by atoms with Crippen LogP contribution in [0.25, 0.3) is 17.2 Å². The van der Waals surface area contributed by atoms with Crippen molar-refractivity contribution in [3.63, 3.8) is 0 Å². The fourth-order valence-electron chi connectivity index (χ4n) is 1.85. The molecule has 0 aliphatic carbocycles. The average molecular weight is 380 g/mol. The highest BCUT2D eigenvalue weighted by Crippen LogP contribution is 2.21. The van der Waals surface area contributed by atoms with E-state index in [0.29, 0.717) is 17.2 Å². The molecule has 0 bridgehead atoms. The van der Waals surface area contributed by atoms with Gasteiger partial charge in [-0.25, -0.2) is 4.73 Å². The van der Waals surface area contributed by atoms with E-state index < -0.39 is 0 Å². The smallest absolute Gasteiger partial charge is 0.309 e. The molecule has 0 aliphatic rings. The molecule has 0 amide bonds. The molecule has 0 spiro atoms. The summed E-state index contributed by atoms with van der Waals surface area (Å²) in [5, 5.41) is 27.9. The normalized spacial score (nSPS) is 10.7. The summed E-state index contributed by atoms with van der Waals surface area (Å²) >= 11 is 2.09. The third kappa shape index (κ3) is 2.20. The van der Waals surface area contributed by atoms with Crippen LogP contribution >= 0.6 is 22.6 Å². The zero-order chi connectivity index (χ0) is 14.1. The van der Waals surface area contributed by atoms with E-state index in [-0.39, 0.29) is 0 Å². The Hall–Kier alpha value is -2.16. The Morgan fingerprint density at radius 3 is 2.40 bits per heavy atom. The minimum atomic E-state index is 0.380. The molecule has 3 rings (SSSR count). The van der Waals surface area contributed by atoms with E-state index in [1.807, 2.05) is 0 Å². The van der Waals surface area contributed by atoms with Crippen LogP contribution in [0.15, 0.2) is 55.0 Å². The molecule has 100 valence electrons. The molecule has 0 N–H and O–H groups in total. The van der Waals surface area contributed by atoms with Crippen molar-refractivity contribution in [1.29, 1.82) is 0 Å². The van der Waals surface area contributed by atoms with Crippen LogP contribution < -0.4 is 9.46 Å². The summed E-state index contributed by atoms with van der Waals surface area (Å²) in [5.74, 6) is 0.380. The van der Waals surface area contributed by atoms with Gasteiger partial charge in [0.2, 0.25) is 5.69 Å². The molecule has 3 heterocycles. The molecule has 0 radical (unpaired) electrons. The van der Waals surface area contributed by atoms with Crippen LogP contribution in [-0.4, -0.2) is 9.78 Å². The second kappa shape index (κ2) is 5.08. The van der Waals surface area contributed by atoms with Crippen molar-refractivity contribution in [1.82, 2.24) is 9.78 Å². The largest absolute Gasteiger partial charge is 0.711 e. The van der Waals surface area contributed by atoms with Crippen molar-refractivity contribution >= 4 is 22.6 Å². The zero-order valence-electron chi connectivity index (χ0n) is 10.2. The Morgan fingerprint density at radius 1 is 1.00 bits per heavy atom. The standard InChI is InChI=1S/C13H9IN4O2/c14-10-9-16(12-6-2-4-8-18(12)20)15-13(10)11-5-1-3-7-17(11)19/h1-9H. The molecular weight excluding hydrogens is 371 g/mol. The van der Waals surface area contributed by atoms with E-state index in [2.05, 4.69) is 27.7 Å². The van der Waals surface area contributed by atoms with Gasteiger partial charge < -0.3 is 10.4 Å². The predicted molar refractivity (Wildman–Crippen MR) is 79.6 cm³/mol. The van der Waals surface area contributed by atoms with Crippen molar-refractivity contribution in [3.05, 3.63) is 69.0 Å². The fourth-order valence-corrected chi connectivity index (χ4v) is 2.50. The summed E-state index contributed by atoms with van der Waals surface area (Å²) in [5.41, 5.74) is 0.995. The summed E-state index contributed by atoms with van der Waals surface area (Å²) in [6.07, 6.45) is 4.53. The first-order valence-corrected chi connectivity index (χ1v) is 6.87. The zero-order valence-corrected chi connectivity index (χ0v) is 12.3. The van der Waals surface area contributed by atoms with Gasteiger partial charge in [0.05, 0.1) is 9.77 Å². The van der Waals surface area contributed by atoms with E-state index in [9.17, 15) is 10.4 Å². The number of rotatable bonds is 2. The lowest BCUT2D eigenvalue weighted by atomic mass is 10.3. The number of hydrogen-bond acceptors (Lipinski definition) is 3. The van der Waals surface area contributed by atoms with E-state index in [1.54, 1.807) is 42.6 Å². The van der Waals surface area contributed by atoms with Crippen LogP contribution in [0, 0.1) is 14.0 Å². The molecule has 6 nitrogen and oxygen atoms in total. The number of pyridine rings is 2. The molecule has 7 heteroatoms. The summed E-state index contributed by atoms with van der Waals surface area (Å²) in [7, 11) is 0. The molecule has 20 heavy (non-hydrogen) atoms. The highest BCUT2D eigenvalue weighted by molar-refractivity contribution is 14.1. The predicted octanol–water partition coefficient (Wildman–Crippen LogP) is 1.41. The first-order valence-electron chi connectivity index (χ1n) is 5.79. The van der Waals surface area contributed by atoms with Crippen molar-refractivity contribution in [2.24, 2.45) is 0 Å². The maximum atomic E-state index is 11.8. The molecule has 0 aromatic carbocycles. The molecule has 0 saturated carbocycles. The van der Waals surface area contributed by atoms with E-state index in [1.165, 1.54) is 17.1 Å². The molecule has 3 aromatic heterocycles. The lowest BCUT2D eigenvalue weighted by molar-refractivity contribution is -0.600. The molecule has 3 aromatic rings. The Balaban J connectivity index is 2.13. The maximum Gasteiger partial charge on any atom is 0.309 e. The highest BCUT2D eigenvalue weighted by Gasteiger charge is 2.21. The maximum absolute atomic E-state index is 11.8. The van der Waals surface area contributed by atoms with E-state index in [0.717, 1.165) is 13.0 Å². The first kappa shape index (κ1) is 12.9. The van der Waals surface area contributed by atoms with Gasteiger partial charge >= 0.3 is 5.82 Å². The van der Waals surface area contributed by atoms with Crippen LogP contribution in [0.3, 0.4) is 0 Å². The monoisotopic (exact) mass is 380 g/mol. The lowest BCUT2D eigenvalue weighted by Gasteiger charge is -2.04. The van der Waals surface area contributed by atoms with E-state index >= 15 is 0 Å². The summed E-state index contributed by atoms with van der Waals surface area (Å²) < 4.78 is 3.74. The minimum absolute atomic E-state index is 0.380. The Labute approximate surface area is 128 Å². The minimum Gasteiger partial charge on any atom is -0.711 e. The molecule has 0 fully saturated rings. The number of halogens is 1. The molecular formula is C13H9IN4O2. The topological polar surface area (TPSA) is 71.7 Å². The van der Waals surface area contributed by atoms with Crippen LogP contribution in [0.1, 0.15) is 0 Å². The molecule has 0 unspecified atom stereocenters. The highest BCUT2D eigenvalue weighted by atomic mass is 127. The SMILES string of the molecule is [O-][n+]1ccccc1-c1nn(-c2cccc[n+]2[O-])cc1I. The third-order valence-corrected chi connectivity index (χ3v) is 3.56. The van der Waals surface area contributed by atoms with Crippen molar-refractivity contribution in [2.75, 3.05) is 0 Å². The molecule has 0 aliphatic heterocycles. The quantitative estimate of drug-likeness (QED) is 0.384. The van der Waals surface area contributed by atoms with Crippen molar-refractivity contribution in [2.45, 2.75) is 0 Å². The lowest BCUT2D eigenvalue weighted by Crippen LogP contribution is -2.31. The van der Waals surface area contributed by atoms with Crippen LogP contribution in [0.4, 0.5) is 0 Å². The number of nitrogens with zero attached hydrogens (tertiary/aromatic N) is 4. The van der Waals surface area contributed by atoms with Crippen LogP contribution in [0.2, 0.25) is 0 Å². The number of aromatic nitrogens is 4. The van der Waals surface area contributed by atoms with Gasteiger partial charge in [-0.3, -0.25) is 0 Å². The average Bonchev–Trinajstić information content (AvgIpc) is 2.81. The fraction of sp³-hybridized carbons (Fsp3) is 0. The van der Waals surface area contributed by atoms with Crippen molar-refractivity contribution < 1.29 is 9.46 Å². The van der Waals surface area contributed by atoms with Gasteiger partial charge in [-0.15, -0.1) is 4.68 Å². The van der Waals surface area contributed by atoms with Gasteiger partial charge in [0, 0.05) is 18.2 Å².